The molecular weight excluding hydrogens is 458 g/mol. The molecule has 0 saturated heterocycles. The first-order valence-electron chi connectivity index (χ1n) is 7.22. The van der Waals surface area contributed by atoms with Gasteiger partial charge in [-0.25, -0.2) is 0 Å². The third-order valence-corrected chi connectivity index (χ3v) is 6.20. The molecule has 0 spiro atoms. The van der Waals surface area contributed by atoms with Gasteiger partial charge in [-0.2, -0.15) is 0 Å². The van der Waals surface area contributed by atoms with Gasteiger partial charge in [-0.15, -0.1) is 21.5 Å². The van der Waals surface area contributed by atoms with Crippen molar-refractivity contribution in [2.24, 2.45) is 0 Å². The maximum atomic E-state index is 11.8. The number of nitrogens with one attached hydrogen (secondary N) is 3. The monoisotopic (exact) mass is 469 g/mol. The lowest BCUT2D eigenvalue weighted by Crippen LogP contribution is -2.42. The maximum absolute atomic E-state index is 11.8. The van der Waals surface area contributed by atoms with Gasteiger partial charge >= 0.3 is 0 Å². The molecular formula is C15H12BrN5O2S3. The molecule has 0 aliphatic rings. The van der Waals surface area contributed by atoms with E-state index in [-0.39, 0.29) is 17.6 Å². The second-order valence-electron chi connectivity index (χ2n) is 4.78. The van der Waals surface area contributed by atoms with Crippen LogP contribution in [0.15, 0.2) is 50.6 Å². The van der Waals surface area contributed by atoms with Crippen LogP contribution in [0, 0.1) is 0 Å². The highest BCUT2D eigenvalue weighted by Gasteiger charge is 2.11. The maximum Gasteiger partial charge on any atom is 0.279 e. The number of thiophene rings is 1. The number of hydrazine groups is 1. The number of carbonyl (C=O) groups excluding carboxylic acids is 2. The lowest BCUT2D eigenvalue weighted by molar-refractivity contribution is -0.119. The van der Waals surface area contributed by atoms with E-state index in [1.807, 2.05) is 24.3 Å². The van der Waals surface area contributed by atoms with Gasteiger partial charge in [-0.1, -0.05) is 51.2 Å². The Hall–Kier alpha value is -1.95. The standard InChI is InChI=1S/C15H12BrN5O2S3/c16-9-3-1-4-10(7-9)17-14-20-21-15(26-14)25-8-12(22)18-19-13(23)11-5-2-6-24-11/h1-7H,8H2,(H,17,20)(H,18,22)(H,19,23). The molecule has 7 nitrogen and oxygen atoms in total. The molecule has 134 valence electrons. The summed E-state index contributed by atoms with van der Waals surface area (Å²) in [5.74, 6) is -0.539. The van der Waals surface area contributed by atoms with Crippen molar-refractivity contribution in [2.45, 2.75) is 4.34 Å². The van der Waals surface area contributed by atoms with Gasteiger partial charge in [-0.3, -0.25) is 20.4 Å². The smallest absolute Gasteiger partial charge is 0.279 e. The van der Waals surface area contributed by atoms with Gasteiger partial charge in [0.05, 0.1) is 10.6 Å². The SMILES string of the molecule is O=C(CSc1nnc(Nc2cccc(Br)c2)s1)NNC(=O)c1cccs1. The van der Waals surface area contributed by atoms with Crippen molar-refractivity contribution in [3.05, 3.63) is 51.1 Å². The molecule has 0 radical (unpaired) electrons. The van der Waals surface area contributed by atoms with E-state index in [1.54, 1.807) is 17.5 Å². The fraction of sp³-hybridized carbons (Fsp3) is 0.0667. The Balaban J connectivity index is 1.44. The number of hydrogen-bond donors (Lipinski definition) is 3. The Morgan fingerprint density at radius 3 is 2.81 bits per heavy atom. The van der Waals surface area contributed by atoms with Crippen molar-refractivity contribution < 1.29 is 9.59 Å². The molecule has 3 aromatic rings. The number of halogens is 1. The van der Waals surface area contributed by atoms with E-state index in [1.165, 1.54) is 34.4 Å². The largest absolute Gasteiger partial charge is 0.330 e. The summed E-state index contributed by atoms with van der Waals surface area (Å²) in [7, 11) is 0. The van der Waals surface area contributed by atoms with Crippen molar-refractivity contribution >= 4 is 73.0 Å². The average molecular weight is 470 g/mol. The number of rotatable bonds is 6. The molecule has 2 aromatic heterocycles. The molecule has 0 saturated carbocycles. The summed E-state index contributed by atoms with van der Waals surface area (Å²) in [4.78, 5) is 24.1. The topological polar surface area (TPSA) is 96.0 Å². The van der Waals surface area contributed by atoms with Crippen LogP contribution in [-0.2, 0) is 4.79 Å². The van der Waals surface area contributed by atoms with Gasteiger partial charge in [0.1, 0.15) is 0 Å². The molecule has 3 rings (SSSR count). The lowest BCUT2D eigenvalue weighted by atomic mass is 10.3. The average Bonchev–Trinajstić information content (AvgIpc) is 3.30. The quantitative estimate of drug-likeness (QED) is 0.376. The van der Waals surface area contributed by atoms with Crippen LogP contribution in [0.3, 0.4) is 0 Å². The van der Waals surface area contributed by atoms with Gasteiger partial charge < -0.3 is 5.32 Å². The number of anilines is 2. The molecule has 2 amide bonds. The normalized spacial score (nSPS) is 10.3. The Bertz CT molecular complexity index is 900. The second-order valence-corrected chi connectivity index (χ2v) is 8.84. The van der Waals surface area contributed by atoms with Gasteiger partial charge in [0.25, 0.3) is 5.91 Å². The number of carbonyl (C=O) groups is 2. The summed E-state index contributed by atoms with van der Waals surface area (Å²) >= 11 is 7.30. The molecule has 1 aromatic carbocycles. The van der Waals surface area contributed by atoms with Crippen LogP contribution in [0.1, 0.15) is 9.67 Å². The second kappa shape index (κ2) is 9.12. The van der Waals surface area contributed by atoms with Gasteiger partial charge in [0.2, 0.25) is 11.0 Å². The highest BCUT2D eigenvalue weighted by atomic mass is 79.9. The summed E-state index contributed by atoms with van der Waals surface area (Å²) in [6.45, 7) is 0. The van der Waals surface area contributed by atoms with E-state index >= 15 is 0 Å². The molecule has 0 atom stereocenters. The molecule has 0 aliphatic heterocycles. The van der Waals surface area contributed by atoms with Crippen LogP contribution >= 0.6 is 50.4 Å². The number of aromatic nitrogens is 2. The van der Waals surface area contributed by atoms with E-state index in [0.717, 1.165) is 10.2 Å². The predicted octanol–water partition coefficient (Wildman–Crippen LogP) is 3.66. The summed E-state index contributed by atoms with van der Waals surface area (Å²) in [5.41, 5.74) is 5.64. The Morgan fingerprint density at radius 1 is 1.15 bits per heavy atom. The van der Waals surface area contributed by atoms with Crippen LogP contribution in [0.2, 0.25) is 0 Å². The van der Waals surface area contributed by atoms with Gasteiger partial charge in [-0.05, 0) is 29.6 Å². The third kappa shape index (κ3) is 5.53. The van der Waals surface area contributed by atoms with E-state index in [9.17, 15) is 9.59 Å². The van der Waals surface area contributed by atoms with E-state index in [4.69, 9.17) is 0 Å². The van der Waals surface area contributed by atoms with Crippen LogP contribution in [0.5, 0.6) is 0 Å². The number of hydrogen-bond acceptors (Lipinski definition) is 8. The minimum atomic E-state index is -0.338. The first-order valence-corrected chi connectivity index (χ1v) is 10.7. The Morgan fingerprint density at radius 2 is 2.04 bits per heavy atom. The predicted molar refractivity (Wildman–Crippen MR) is 108 cm³/mol. The third-order valence-electron chi connectivity index (χ3n) is 2.87. The zero-order valence-corrected chi connectivity index (χ0v) is 17.1. The summed E-state index contributed by atoms with van der Waals surface area (Å²) in [5, 5.41) is 13.7. The molecule has 0 aliphatic carbocycles. The molecule has 26 heavy (non-hydrogen) atoms. The molecule has 3 N–H and O–H groups in total. The van der Waals surface area contributed by atoms with E-state index in [2.05, 4.69) is 42.3 Å². The number of amides is 2. The van der Waals surface area contributed by atoms with Crippen molar-refractivity contribution in [1.82, 2.24) is 21.0 Å². The fourth-order valence-electron chi connectivity index (χ4n) is 1.77. The lowest BCUT2D eigenvalue weighted by Gasteiger charge is -2.04. The Kier molecular flexibility index (Phi) is 6.61. The van der Waals surface area contributed by atoms with Crippen LogP contribution in [0.25, 0.3) is 0 Å². The highest BCUT2D eigenvalue weighted by molar-refractivity contribution is 9.10. The molecule has 0 bridgehead atoms. The summed E-state index contributed by atoms with van der Waals surface area (Å²) < 4.78 is 1.62. The first kappa shape index (κ1) is 18.8. The molecule has 11 heteroatoms. The van der Waals surface area contributed by atoms with Gasteiger partial charge in [0, 0.05) is 10.2 Å². The van der Waals surface area contributed by atoms with Crippen LogP contribution < -0.4 is 16.2 Å². The minimum absolute atomic E-state index is 0.121. The Labute approximate surface area is 169 Å². The summed E-state index contributed by atoms with van der Waals surface area (Å²) in [6.07, 6.45) is 0. The highest BCUT2D eigenvalue weighted by Crippen LogP contribution is 2.28. The van der Waals surface area contributed by atoms with Gasteiger partial charge in [0.15, 0.2) is 4.34 Å². The van der Waals surface area contributed by atoms with Crippen LogP contribution in [-0.4, -0.2) is 27.8 Å². The van der Waals surface area contributed by atoms with E-state index < -0.39 is 0 Å². The van der Waals surface area contributed by atoms with Crippen molar-refractivity contribution in [3.8, 4) is 0 Å². The zero-order valence-electron chi connectivity index (χ0n) is 13.1. The number of thioether (sulfide) groups is 1. The summed E-state index contributed by atoms with van der Waals surface area (Å²) in [6, 6.07) is 11.1. The van der Waals surface area contributed by atoms with Crippen LogP contribution in [0.4, 0.5) is 10.8 Å². The molecule has 0 fully saturated rings. The van der Waals surface area contributed by atoms with E-state index in [0.29, 0.717) is 14.3 Å². The number of benzene rings is 1. The van der Waals surface area contributed by atoms with Crippen molar-refractivity contribution in [2.75, 3.05) is 11.1 Å². The molecule has 0 unspecified atom stereocenters. The minimum Gasteiger partial charge on any atom is -0.330 e. The zero-order chi connectivity index (χ0) is 18.4. The fourth-order valence-corrected chi connectivity index (χ4v) is 4.36. The first-order chi connectivity index (χ1) is 12.6. The van der Waals surface area contributed by atoms with Crippen molar-refractivity contribution in [1.29, 1.82) is 0 Å². The van der Waals surface area contributed by atoms with Crippen molar-refractivity contribution in [3.63, 3.8) is 0 Å². The molecule has 2 heterocycles. The number of nitrogens with zero attached hydrogens (tertiary/aromatic N) is 2.